The van der Waals surface area contributed by atoms with Gasteiger partial charge in [-0.05, 0) is 50.5 Å². The fourth-order valence-corrected chi connectivity index (χ4v) is 3.85. The number of aromatic nitrogens is 2. The molecule has 2 aromatic rings. The summed E-state index contributed by atoms with van der Waals surface area (Å²) in [7, 11) is 0. The molecule has 26 heavy (non-hydrogen) atoms. The molecule has 0 bridgehead atoms. The third-order valence-electron chi connectivity index (χ3n) is 5.54. The number of ether oxygens (including phenoxy) is 1. The summed E-state index contributed by atoms with van der Waals surface area (Å²) in [6, 6.07) is 6.03. The first-order valence-electron chi connectivity index (χ1n) is 9.31. The third-order valence-corrected chi connectivity index (χ3v) is 5.54. The van der Waals surface area contributed by atoms with Crippen molar-refractivity contribution in [3.05, 3.63) is 47.8 Å². The van der Waals surface area contributed by atoms with Gasteiger partial charge in [0.1, 0.15) is 17.4 Å². The number of nitrogens with zero attached hydrogens (tertiary/aromatic N) is 3. The third kappa shape index (κ3) is 3.32. The molecule has 1 aliphatic carbocycles. The van der Waals surface area contributed by atoms with Crippen LogP contribution >= 0.6 is 0 Å². The maximum atomic E-state index is 12.9. The Labute approximate surface area is 152 Å². The molecule has 1 aromatic heterocycles. The van der Waals surface area contributed by atoms with Gasteiger partial charge in [-0.1, -0.05) is 6.42 Å². The smallest absolute Gasteiger partial charge is 0.260 e. The Kier molecular flexibility index (Phi) is 4.66. The van der Waals surface area contributed by atoms with Gasteiger partial charge in [-0.15, -0.1) is 0 Å². The van der Waals surface area contributed by atoms with Crippen molar-refractivity contribution < 1.29 is 13.9 Å². The number of amides is 1. The predicted molar refractivity (Wildman–Crippen MR) is 95.7 cm³/mol. The van der Waals surface area contributed by atoms with Crippen molar-refractivity contribution in [2.75, 3.05) is 19.7 Å². The molecule has 2 fully saturated rings. The Morgan fingerprint density at radius 2 is 2.04 bits per heavy atom. The van der Waals surface area contributed by atoms with Crippen LogP contribution in [0.15, 0.2) is 30.5 Å². The van der Waals surface area contributed by atoms with Gasteiger partial charge in [0.25, 0.3) is 5.91 Å². The second-order valence-electron chi connectivity index (χ2n) is 7.28. The van der Waals surface area contributed by atoms with Crippen LogP contribution in [0.2, 0.25) is 0 Å². The molecule has 1 atom stereocenters. The van der Waals surface area contributed by atoms with Gasteiger partial charge in [-0.2, -0.15) is 0 Å². The van der Waals surface area contributed by atoms with E-state index in [-0.39, 0.29) is 18.3 Å². The largest absolute Gasteiger partial charge is 0.484 e. The minimum Gasteiger partial charge on any atom is -0.484 e. The van der Waals surface area contributed by atoms with Gasteiger partial charge in [-0.25, -0.2) is 9.37 Å². The number of hydrogen-bond donors (Lipinski definition) is 0. The lowest BCUT2D eigenvalue weighted by Crippen LogP contribution is -2.33. The van der Waals surface area contributed by atoms with Crippen LogP contribution in [0, 0.1) is 12.7 Å². The van der Waals surface area contributed by atoms with E-state index in [1.54, 1.807) is 0 Å². The molecule has 0 spiro atoms. The molecule has 1 unspecified atom stereocenters. The number of halogens is 1. The van der Waals surface area contributed by atoms with E-state index in [4.69, 9.17) is 4.74 Å². The van der Waals surface area contributed by atoms with Crippen molar-refractivity contribution in [3.8, 4) is 5.75 Å². The Bertz CT molecular complexity index is 783. The zero-order valence-corrected chi connectivity index (χ0v) is 15.0. The first-order chi connectivity index (χ1) is 12.6. The van der Waals surface area contributed by atoms with Gasteiger partial charge in [0.15, 0.2) is 6.61 Å². The Hall–Kier alpha value is -2.37. The number of likely N-dealkylation sites (tertiary alicyclic amines) is 1. The molecule has 1 saturated carbocycles. The van der Waals surface area contributed by atoms with Crippen LogP contribution < -0.4 is 4.74 Å². The lowest BCUT2D eigenvalue weighted by Gasteiger charge is -2.28. The van der Waals surface area contributed by atoms with Crippen molar-refractivity contribution in [1.29, 1.82) is 0 Å². The van der Waals surface area contributed by atoms with E-state index in [1.165, 1.54) is 55.0 Å². The molecule has 1 saturated heterocycles. The molecule has 5 nitrogen and oxygen atoms in total. The number of hydrogen-bond acceptors (Lipinski definition) is 3. The summed E-state index contributed by atoms with van der Waals surface area (Å²) in [6.45, 7) is 3.51. The first-order valence-corrected chi connectivity index (χ1v) is 9.31. The Morgan fingerprint density at radius 1 is 1.27 bits per heavy atom. The highest BCUT2D eigenvalue weighted by Gasteiger charge is 2.32. The molecular weight excluding hydrogens is 333 g/mol. The van der Waals surface area contributed by atoms with Crippen LogP contribution in [0.3, 0.4) is 0 Å². The maximum Gasteiger partial charge on any atom is 0.260 e. The molecule has 2 aliphatic rings. The molecule has 4 rings (SSSR count). The van der Waals surface area contributed by atoms with Crippen LogP contribution in [0.4, 0.5) is 4.39 Å². The van der Waals surface area contributed by atoms with Gasteiger partial charge in [0.05, 0.1) is 6.04 Å². The summed E-state index contributed by atoms with van der Waals surface area (Å²) in [5.41, 5.74) is 1.17. The van der Waals surface area contributed by atoms with E-state index in [2.05, 4.69) is 16.5 Å². The molecule has 1 aromatic carbocycles. The molecule has 1 amide bonds. The number of aryl methyl sites for hydroxylation is 1. The number of rotatable bonds is 5. The fourth-order valence-electron chi connectivity index (χ4n) is 3.85. The summed E-state index contributed by atoms with van der Waals surface area (Å²) >= 11 is 0. The van der Waals surface area contributed by atoms with Crippen molar-refractivity contribution >= 4 is 5.91 Å². The highest BCUT2D eigenvalue weighted by Crippen LogP contribution is 2.38. The SMILES string of the molecule is Cc1cnc(C2CCC2)n1C1CCN(C(=O)COc2ccc(F)cc2)C1. The van der Waals surface area contributed by atoms with Gasteiger partial charge in [0.2, 0.25) is 0 Å². The number of benzene rings is 1. The topological polar surface area (TPSA) is 47.4 Å². The standard InChI is InChI=1S/C20H24FN3O2/c1-14-11-22-20(15-3-2-4-15)24(14)17-9-10-23(12-17)19(25)13-26-18-7-5-16(21)6-8-18/h5-8,11,15,17H,2-4,9-10,12-13H2,1H3. The van der Waals surface area contributed by atoms with Gasteiger partial charge >= 0.3 is 0 Å². The number of carbonyl (C=O) groups is 1. The summed E-state index contributed by atoms with van der Waals surface area (Å²) in [4.78, 5) is 19.0. The summed E-state index contributed by atoms with van der Waals surface area (Å²) < 4.78 is 20.8. The zero-order valence-electron chi connectivity index (χ0n) is 15.0. The minimum atomic E-state index is -0.316. The second-order valence-corrected chi connectivity index (χ2v) is 7.28. The lowest BCUT2D eigenvalue weighted by molar-refractivity contribution is -0.132. The van der Waals surface area contributed by atoms with Crippen LogP contribution in [0.1, 0.15) is 49.2 Å². The van der Waals surface area contributed by atoms with E-state index in [0.29, 0.717) is 24.3 Å². The van der Waals surface area contributed by atoms with Crippen molar-refractivity contribution in [1.82, 2.24) is 14.5 Å². The van der Waals surface area contributed by atoms with Crippen molar-refractivity contribution in [2.24, 2.45) is 0 Å². The molecule has 0 radical (unpaired) electrons. The Balaban J connectivity index is 1.37. The molecular formula is C20H24FN3O2. The predicted octanol–water partition coefficient (Wildman–Crippen LogP) is 3.45. The minimum absolute atomic E-state index is 0.0171. The van der Waals surface area contributed by atoms with Crippen LogP contribution in [0.25, 0.3) is 0 Å². The van der Waals surface area contributed by atoms with E-state index in [1.807, 2.05) is 11.1 Å². The van der Waals surface area contributed by atoms with Gasteiger partial charge < -0.3 is 14.2 Å². The quantitative estimate of drug-likeness (QED) is 0.823. The summed E-state index contributed by atoms with van der Waals surface area (Å²) in [5.74, 6) is 1.93. The lowest BCUT2D eigenvalue weighted by atomic mass is 9.84. The average Bonchev–Trinajstić information content (AvgIpc) is 3.20. The van der Waals surface area contributed by atoms with Crippen molar-refractivity contribution in [2.45, 2.75) is 44.6 Å². The highest BCUT2D eigenvalue weighted by molar-refractivity contribution is 5.78. The number of carbonyl (C=O) groups excluding carboxylic acids is 1. The molecule has 0 N–H and O–H groups in total. The normalized spacial score (nSPS) is 20.2. The van der Waals surface area contributed by atoms with Crippen LogP contribution in [-0.4, -0.2) is 40.1 Å². The molecule has 6 heteroatoms. The average molecular weight is 357 g/mol. The first kappa shape index (κ1) is 17.1. The zero-order chi connectivity index (χ0) is 18.1. The summed E-state index contributed by atoms with van der Waals surface area (Å²) in [5, 5.41) is 0. The second kappa shape index (κ2) is 7.09. The van der Waals surface area contributed by atoms with Crippen LogP contribution in [-0.2, 0) is 4.79 Å². The van der Waals surface area contributed by atoms with E-state index in [9.17, 15) is 9.18 Å². The maximum absolute atomic E-state index is 12.9. The summed E-state index contributed by atoms with van der Waals surface area (Å²) in [6.07, 6.45) is 6.62. The number of imidazole rings is 1. The van der Waals surface area contributed by atoms with Gasteiger partial charge in [0, 0.05) is 30.9 Å². The highest BCUT2D eigenvalue weighted by atomic mass is 19.1. The van der Waals surface area contributed by atoms with Gasteiger partial charge in [-0.3, -0.25) is 4.79 Å². The van der Waals surface area contributed by atoms with Crippen LogP contribution in [0.5, 0.6) is 5.75 Å². The van der Waals surface area contributed by atoms with E-state index in [0.717, 1.165) is 13.0 Å². The van der Waals surface area contributed by atoms with Crippen molar-refractivity contribution in [3.63, 3.8) is 0 Å². The monoisotopic (exact) mass is 357 g/mol. The van der Waals surface area contributed by atoms with E-state index < -0.39 is 0 Å². The van der Waals surface area contributed by atoms with E-state index >= 15 is 0 Å². The fraction of sp³-hybridized carbons (Fsp3) is 0.500. The molecule has 138 valence electrons. The Morgan fingerprint density at radius 3 is 2.73 bits per heavy atom. The molecule has 2 heterocycles. The molecule has 1 aliphatic heterocycles.